The minimum atomic E-state index is -0.395. The first-order chi connectivity index (χ1) is 8.27. The van der Waals surface area contributed by atoms with Gasteiger partial charge in [-0.1, -0.05) is 6.92 Å². The zero-order valence-electron chi connectivity index (χ0n) is 12.0. The fraction of sp³-hybridized carbons (Fsp3) is 0.692. The lowest BCUT2D eigenvalue weighted by Crippen LogP contribution is -2.44. The Balaban J connectivity index is 2.78. The molecule has 0 aliphatic rings. The highest BCUT2D eigenvalue weighted by Crippen LogP contribution is 2.27. The minimum absolute atomic E-state index is 0.0291. The van der Waals surface area contributed by atoms with Crippen LogP contribution in [0.5, 0.6) is 0 Å². The Labute approximate surface area is 118 Å². The molecule has 0 bridgehead atoms. The van der Waals surface area contributed by atoms with Crippen molar-refractivity contribution in [2.24, 2.45) is 5.92 Å². The molecule has 3 nitrogen and oxygen atoms in total. The SMILES string of the molecule is CSC[C@H](C)C(=O)NC(C)(C)c1nc(C)c(C)s1. The second kappa shape index (κ2) is 6.06. The number of aromatic nitrogens is 1. The van der Waals surface area contributed by atoms with Crippen molar-refractivity contribution < 1.29 is 4.79 Å². The lowest BCUT2D eigenvalue weighted by molar-refractivity contribution is -0.125. The predicted octanol–water partition coefficient (Wildman–Crippen LogP) is 3.11. The highest BCUT2D eigenvalue weighted by molar-refractivity contribution is 7.98. The number of thiazole rings is 1. The van der Waals surface area contributed by atoms with Crippen molar-refractivity contribution in [1.29, 1.82) is 0 Å². The smallest absolute Gasteiger partial charge is 0.224 e. The Hall–Kier alpha value is -0.550. The number of aryl methyl sites for hydroxylation is 2. The zero-order valence-corrected chi connectivity index (χ0v) is 13.6. The molecule has 0 unspecified atom stereocenters. The first kappa shape index (κ1) is 15.5. The van der Waals surface area contributed by atoms with Gasteiger partial charge in [0, 0.05) is 16.5 Å². The molecule has 1 N–H and O–H groups in total. The van der Waals surface area contributed by atoms with Crippen molar-refractivity contribution >= 4 is 29.0 Å². The Bertz CT molecular complexity index is 407. The van der Waals surface area contributed by atoms with Crippen molar-refractivity contribution in [3.05, 3.63) is 15.6 Å². The van der Waals surface area contributed by atoms with E-state index in [9.17, 15) is 4.79 Å². The zero-order chi connectivity index (χ0) is 13.9. The maximum Gasteiger partial charge on any atom is 0.224 e. The summed E-state index contributed by atoms with van der Waals surface area (Å²) < 4.78 is 0. The molecule has 0 aliphatic heterocycles. The van der Waals surface area contributed by atoms with Crippen LogP contribution in [0.25, 0.3) is 0 Å². The summed E-state index contributed by atoms with van der Waals surface area (Å²) in [6.45, 7) is 10.0. The number of nitrogens with zero attached hydrogens (tertiary/aromatic N) is 1. The monoisotopic (exact) mass is 286 g/mol. The van der Waals surface area contributed by atoms with Crippen LogP contribution in [0.4, 0.5) is 0 Å². The van der Waals surface area contributed by atoms with Gasteiger partial charge in [-0.15, -0.1) is 11.3 Å². The van der Waals surface area contributed by atoms with Gasteiger partial charge in [-0.2, -0.15) is 11.8 Å². The third-order valence-corrected chi connectivity index (χ3v) is 5.09. The minimum Gasteiger partial charge on any atom is -0.344 e. The van der Waals surface area contributed by atoms with E-state index in [1.54, 1.807) is 23.1 Å². The molecule has 1 aromatic heterocycles. The average Bonchev–Trinajstić information content (AvgIpc) is 2.60. The summed E-state index contributed by atoms with van der Waals surface area (Å²) >= 11 is 3.35. The fourth-order valence-electron chi connectivity index (χ4n) is 1.55. The number of thioether (sulfide) groups is 1. The maximum absolute atomic E-state index is 12.1. The number of hydrogen-bond donors (Lipinski definition) is 1. The third-order valence-electron chi connectivity index (χ3n) is 2.86. The van der Waals surface area contributed by atoms with Gasteiger partial charge in [-0.3, -0.25) is 4.79 Å². The molecule has 1 heterocycles. The van der Waals surface area contributed by atoms with Crippen LogP contribution < -0.4 is 5.32 Å². The van der Waals surface area contributed by atoms with Crippen LogP contribution in [0.1, 0.15) is 36.3 Å². The van der Waals surface area contributed by atoms with Crippen molar-refractivity contribution in [2.45, 2.75) is 40.2 Å². The average molecular weight is 286 g/mol. The molecule has 0 spiro atoms. The van der Waals surface area contributed by atoms with Gasteiger partial charge in [0.05, 0.1) is 11.2 Å². The van der Waals surface area contributed by atoms with Crippen LogP contribution in [0.2, 0.25) is 0 Å². The molecule has 5 heteroatoms. The largest absolute Gasteiger partial charge is 0.344 e. The Morgan fingerprint density at radius 3 is 2.56 bits per heavy atom. The van der Waals surface area contributed by atoms with Crippen LogP contribution in [-0.2, 0) is 10.3 Å². The van der Waals surface area contributed by atoms with E-state index in [0.717, 1.165) is 16.5 Å². The summed E-state index contributed by atoms with van der Waals surface area (Å²) in [6, 6.07) is 0. The third kappa shape index (κ3) is 3.72. The topological polar surface area (TPSA) is 42.0 Å². The normalized spacial score (nSPS) is 13.4. The molecule has 0 radical (unpaired) electrons. The van der Waals surface area contributed by atoms with Gasteiger partial charge in [0.15, 0.2) is 0 Å². The molecule has 18 heavy (non-hydrogen) atoms. The summed E-state index contributed by atoms with van der Waals surface area (Å²) in [5.41, 5.74) is 0.655. The van der Waals surface area contributed by atoms with Gasteiger partial charge in [-0.25, -0.2) is 4.98 Å². The molecular weight excluding hydrogens is 264 g/mol. The maximum atomic E-state index is 12.1. The van der Waals surface area contributed by atoms with Gasteiger partial charge in [0.2, 0.25) is 5.91 Å². The van der Waals surface area contributed by atoms with Gasteiger partial charge in [-0.05, 0) is 34.0 Å². The highest BCUT2D eigenvalue weighted by Gasteiger charge is 2.28. The van der Waals surface area contributed by atoms with Crippen molar-refractivity contribution in [3.63, 3.8) is 0 Å². The van der Waals surface area contributed by atoms with Crippen LogP contribution in [-0.4, -0.2) is 22.9 Å². The van der Waals surface area contributed by atoms with Gasteiger partial charge < -0.3 is 5.32 Å². The van der Waals surface area contributed by atoms with Crippen molar-refractivity contribution in [3.8, 4) is 0 Å². The van der Waals surface area contributed by atoms with E-state index >= 15 is 0 Å². The second-order valence-corrected chi connectivity index (χ2v) is 7.25. The lowest BCUT2D eigenvalue weighted by Gasteiger charge is -2.25. The summed E-state index contributed by atoms with van der Waals surface area (Å²) in [5.74, 6) is 0.971. The first-order valence-corrected chi connectivity index (χ1v) is 8.24. The molecule has 0 saturated heterocycles. The Morgan fingerprint density at radius 2 is 2.11 bits per heavy atom. The molecule has 1 amide bonds. The van der Waals surface area contributed by atoms with Crippen LogP contribution in [0, 0.1) is 19.8 Å². The number of carbonyl (C=O) groups excluding carboxylic acids is 1. The van der Waals surface area contributed by atoms with E-state index in [1.165, 1.54) is 4.88 Å². The molecule has 0 fully saturated rings. The Kier molecular flexibility index (Phi) is 5.22. The second-order valence-electron chi connectivity index (χ2n) is 5.13. The first-order valence-electron chi connectivity index (χ1n) is 6.03. The summed E-state index contributed by atoms with van der Waals surface area (Å²) in [5, 5.41) is 4.07. The quantitative estimate of drug-likeness (QED) is 0.904. The molecule has 0 aromatic carbocycles. The number of amides is 1. The van der Waals surface area contributed by atoms with Crippen LogP contribution >= 0.6 is 23.1 Å². The number of carbonyl (C=O) groups is 1. The van der Waals surface area contributed by atoms with E-state index in [1.807, 2.05) is 34.0 Å². The fourth-order valence-corrected chi connectivity index (χ4v) is 3.17. The predicted molar refractivity (Wildman–Crippen MR) is 80.3 cm³/mol. The number of nitrogens with one attached hydrogen (secondary N) is 1. The van der Waals surface area contributed by atoms with Crippen molar-refractivity contribution in [2.75, 3.05) is 12.0 Å². The van der Waals surface area contributed by atoms with Crippen LogP contribution in [0.15, 0.2) is 0 Å². The molecule has 1 rings (SSSR count). The summed E-state index contributed by atoms with van der Waals surface area (Å²) in [7, 11) is 0. The van der Waals surface area contributed by atoms with E-state index in [-0.39, 0.29) is 11.8 Å². The molecule has 1 aromatic rings. The van der Waals surface area contributed by atoms with Gasteiger partial charge >= 0.3 is 0 Å². The van der Waals surface area contributed by atoms with Gasteiger partial charge in [0.25, 0.3) is 0 Å². The molecule has 102 valence electrons. The number of hydrogen-bond acceptors (Lipinski definition) is 4. The number of rotatable bonds is 5. The van der Waals surface area contributed by atoms with Crippen molar-refractivity contribution in [1.82, 2.24) is 10.3 Å². The summed E-state index contributed by atoms with van der Waals surface area (Å²) in [4.78, 5) is 17.8. The van der Waals surface area contributed by atoms with Crippen LogP contribution in [0.3, 0.4) is 0 Å². The summed E-state index contributed by atoms with van der Waals surface area (Å²) in [6.07, 6.45) is 2.02. The van der Waals surface area contributed by atoms with E-state index in [4.69, 9.17) is 0 Å². The molecule has 0 saturated carbocycles. The highest BCUT2D eigenvalue weighted by atomic mass is 32.2. The van der Waals surface area contributed by atoms with E-state index < -0.39 is 5.54 Å². The van der Waals surface area contributed by atoms with Gasteiger partial charge in [0.1, 0.15) is 5.01 Å². The molecule has 1 atom stereocenters. The van der Waals surface area contributed by atoms with E-state index in [0.29, 0.717) is 0 Å². The standard InChI is InChI=1S/C13H22N2OS2/c1-8(7-17-6)11(16)15-13(4,5)12-14-9(2)10(3)18-12/h8H,7H2,1-6H3,(H,15,16)/t8-/m0/s1. The molecule has 0 aliphatic carbocycles. The molecular formula is C13H22N2OS2. The van der Waals surface area contributed by atoms with E-state index in [2.05, 4.69) is 17.2 Å². The lowest BCUT2D eigenvalue weighted by atomic mass is 10.0. The Morgan fingerprint density at radius 1 is 1.50 bits per heavy atom.